The number of aromatic nitrogens is 9. The molecular formula is C99H87Cl9F6N18O9. The Bertz CT molecular complexity index is 6870. The summed E-state index contributed by atoms with van der Waals surface area (Å²) in [4.78, 5) is 120. The van der Waals surface area contributed by atoms with Crippen LogP contribution in [-0.4, -0.2) is 167 Å². The third kappa shape index (κ3) is 18.4. The van der Waals surface area contributed by atoms with Crippen LogP contribution in [0, 0.1) is 89.7 Å². The van der Waals surface area contributed by atoms with Crippen LogP contribution < -0.4 is 31.4 Å². The maximum atomic E-state index is 14.8. The second-order valence-corrected chi connectivity index (χ2v) is 38.6. The van der Waals surface area contributed by atoms with Crippen molar-refractivity contribution < 1.29 is 56.0 Å². The van der Waals surface area contributed by atoms with E-state index in [2.05, 4.69) is 67.8 Å². The molecule has 12 aromatic rings. The van der Waals surface area contributed by atoms with E-state index in [1.807, 2.05) is 97.8 Å². The predicted molar refractivity (Wildman–Crippen MR) is 537 cm³/mol. The molecule has 0 saturated carbocycles. The summed E-state index contributed by atoms with van der Waals surface area (Å²) >= 11 is 56.6. The molecule has 0 radical (unpaired) electrons. The van der Waals surface area contributed by atoms with Gasteiger partial charge in [-0.25, -0.2) is 41.3 Å². The van der Waals surface area contributed by atoms with Gasteiger partial charge in [0.1, 0.15) is 84.2 Å². The lowest BCUT2D eigenvalue weighted by Gasteiger charge is -2.45. The van der Waals surface area contributed by atoms with Crippen LogP contribution >= 0.6 is 104 Å². The second kappa shape index (κ2) is 41.5. The Morgan fingerprint density at radius 2 is 0.589 bits per heavy atom. The molecule has 3 fully saturated rings. The number of rotatable bonds is 15. The molecule has 15 rings (SSSR count). The van der Waals surface area contributed by atoms with E-state index >= 15 is 0 Å². The molecule has 3 aliphatic heterocycles. The van der Waals surface area contributed by atoms with Gasteiger partial charge in [0.15, 0.2) is 34.9 Å². The fourth-order valence-corrected chi connectivity index (χ4v) is 20.8. The van der Waals surface area contributed by atoms with Crippen LogP contribution in [0.1, 0.15) is 151 Å². The van der Waals surface area contributed by atoms with Crippen LogP contribution in [0.15, 0.2) is 107 Å². The number of carbonyl (C=O) groups is 3. The van der Waals surface area contributed by atoms with E-state index in [9.17, 15) is 86.2 Å². The van der Waals surface area contributed by atoms with E-state index in [0.29, 0.717) is 50.8 Å². The molecule has 0 aliphatic carbocycles. The van der Waals surface area contributed by atoms with E-state index in [-0.39, 0.29) is 210 Å². The highest BCUT2D eigenvalue weighted by atomic mass is 35.5. The number of aryl methyl sites for hydroxylation is 3. The molecule has 27 nitrogen and oxygen atoms in total. The zero-order chi connectivity index (χ0) is 104. The number of anilines is 3. The molecule has 141 heavy (non-hydrogen) atoms. The zero-order valence-corrected chi connectivity index (χ0v) is 84.8. The lowest BCUT2D eigenvalue weighted by Crippen LogP contribution is -2.58. The predicted octanol–water partition coefficient (Wildman–Crippen LogP) is 21.9. The van der Waals surface area contributed by atoms with Crippen molar-refractivity contribution in [2.24, 2.45) is 0 Å². The number of hydrogen-bond acceptors (Lipinski definition) is 21. The Balaban J connectivity index is 0.000000178. The first kappa shape index (κ1) is 106. The number of phenols is 3. The number of pyridine rings is 9. The fourth-order valence-electron chi connectivity index (χ4n) is 18.7. The molecule has 42 heteroatoms. The third-order valence-electron chi connectivity index (χ3n) is 24.8. The van der Waals surface area contributed by atoms with E-state index < -0.39 is 116 Å². The van der Waals surface area contributed by atoms with Gasteiger partial charge in [-0.2, -0.15) is 15.8 Å². The van der Waals surface area contributed by atoms with Crippen molar-refractivity contribution in [3.8, 4) is 86.3 Å². The molecule has 0 bridgehead atoms. The topological polar surface area (TPSA) is 346 Å². The molecule has 0 unspecified atom stereocenters. The summed E-state index contributed by atoms with van der Waals surface area (Å²) < 4.78 is 91.4. The number of nitriles is 3. The molecule has 3 N–H and O–H groups in total. The van der Waals surface area contributed by atoms with Gasteiger partial charge in [0, 0.05) is 110 Å². The summed E-state index contributed by atoms with van der Waals surface area (Å²) in [5, 5.41) is 59.0. The van der Waals surface area contributed by atoms with Crippen LogP contribution in [0.25, 0.3) is 83.9 Å². The molecule has 3 amide bonds. The Kier molecular flexibility index (Phi) is 31.0. The minimum Gasteiger partial charge on any atom is -0.506 e. The van der Waals surface area contributed by atoms with E-state index in [1.54, 1.807) is 72.3 Å². The van der Waals surface area contributed by atoms with Gasteiger partial charge >= 0.3 is 0 Å². The minimum atomic E-state index is -1.56. The number of amides is 3. The van der Waals surface area contributed by atoms with E-state index in [4.69, 9.17) is 104 Å². The summed E-state index contributed by atoms with van der Waals surface area (Å²) in [6.07, 6.45) is 8.51. The second-order valence-electron chi connectivity index (χ2n) is 35.1. The number of piperazine rings is 3. The molecule has 3 aliphatic rings. The number of nitrogens with zero attached hydrogens (tertiary/aromatic N) is 18. The van der Waals surface area contributed by atoms with Crippen LogP contribution in [0.5, 0.6) is 17.2 Å². The molecule has 3 saturated heterocycles. The molecule has 3 aromatic carbocycles. The molecule has 0 spiro atoms. The highest BCUT2D eigenvalue weighted by Gasteiger charge is 2.42. The van der Waals surface area contributed by atoms with Gasteiger partial charge in [-0.3, -0.25) is 57.4 Å². The van der Waals surface area contributed by atoms with Crippen LogP contribution in [0.4, 0.5) is 43.4 Å². The maximum absolute atomic E-state index is 14.8. The number of hydrogen-bond donors (Lipinski definition) is 3. The van der Waals surface area contributed by atoms with Gasteiger partial charge in [0.25, 0.3) is 16.7 Å². The average Bonchev–Trinajstić information content (AvgIpc) is 0.725. The summed E-state index contributed by atoms with van der Waals surface area (Å²) in [7, 11) is 0. The normalized spacial score (nSPS) is 16.6. The summed E-state index contributed by atoms with van der Waals surface area (Å²) in [6, 6.07) is 13.6. The molecule has 732 valence electrons. The van der Waals surface area contributed by atoms with Gasteiger partial charge in [0.05, 0.1) is 115 Å². The van der Waals surface area contributed by atoms with Crippen molar-refractivity contribution in [2.75, 3.05) is 54.0 Å². The zero-order valence-electron chi connectivity index (χ0n) is 78.0. The van der Waals surface area contributed by atoms with Gasteiger partial charge in [-0.1, -0.05) is 166 Å². The molecule has 9 aromatic heterocycles. The Hall–Kier alpha value is -12.7. The lowest BCUT2D eigenvalue weighted by atomic mass is 10.0. The van der Waals surface area contributed by atoms with Crippen molar-refractivity contribution in [3.05, 3.63) is 255 Å². The van der Waals surface area contributed by atoms with Crippen molar-refractivity contribution in [3.63, 3.8) is 0 Å². The molecule has 6 atom stereocenters. The first-order valence-electron chi connectivity index (χ1n) is 43.7. The van der Waals surface area contributed by atoms with Crippen LogP contribution in [-0.2, 0) is 14.4 Å². The fraction of sp³-hybridized carbons (Fsp3) is 0.303. The Morgan fingerprint density at radius 1 is 0.383 bits per heavy atom. The highest BCUT2D eigenvalue weighted by Crippen LogP contribution is 2.52. The summed E-state index contributed by atoms with van der Waals surface area (Å²) in [5.41, 5.74) is 0.0440. The van der Waals surface area contributed by atoms with E-state index in [0.717, 1.165) is 0 Å². The highest BCUT2D eigenvalue weighted by molar-refractivity contribution is 6.41. The summed E-state index contributed by atoms with van der Waals surface area (Å²) in [5.74, 6) is -13.3. The number of phenolic OH excluding ortho intramolecular Hbond substituents is 3. The third-order valence-corrected chi connectivity index (χ3v) is 27.7. The smallest absolute Gasteiger partial charge is 0.276 e. The van der Waals surface area contributed by atoms with Crippen LogP contribution in [0.2, 0.25) is 45.2 Å². The number of aromatic hydroxyl groups is 3. The lowest BCUT2D eigenvalue weighted by molar-refractivity contribution is -0.131. The Labute approximate surface area is 849 Å². The number of benzene rings is 3. The minimum absolute atomic E-state index is 0.0253. The average molecular weight is 2110 g/mol. The van der Waals surface area contributed by atoms with E-state index in [1.165, 1.54) is 50.1 Å². The number of halogens is 15. The first-order chi connectivity index (χ1) is 66.5. The van der Waals surface area contributed by atoms with Crippen molar-refractivity contribution >= 4 is 172 Å². The van der Waals surface area contributed by atoms with Gasteiger partial charge in [-0.15, -0.1) is 0 Å². The monoisotopic (exact) mass is 2100 g/mol. The quantitative estimate of drug-likeness (QED) is 0.0371. The summed E-state index contributed by atoms with van der Waals surface area (Å²) in [6.45, 7) is 40.0. The SMILES string of the molecule is C=CC(=O)N1[C@H](C)CN(c2c(C#N)c(=O)n(-c3c(C)ccnc3C(C)C)c3nc(-c4c(O)c(Cl)c(F)c(F)c4Cl)c(Cl)cc23)C[C@@H]1C.C=CC(=O)N1[C@H](C)CN(c2c(C#N)c(=O)n(-c3c(C)ccnc3C(C)C)c3nc(-c4c(O)c(Cl)c(F)c(F)c4Cl)c(Cl)cc23)C[C@@H]1C.C=CC(=O)N1[C@H](C)CN(c2c(C#N)c(=O)n(-c3c(C)ccnc3C(C)C)c3nc(-c4c(O)c(Cl)c(F)c(F)c4Cl)c(Cl)cc23)C[C@@H]1C. The number of carbonyl (C=O) groups excluding carboxylic acids is 3. The largest absolute Gasteiger partial charge is 0.506 e. The van der Waals surface area contributed by atoms with Gasteiger partial charge in [0.2, 0.25) is 17.7 Å². The standard InChI is InChI=1S/3C33H29Cl3F2N6O3/c3*1-7-21(45)43-16(5)12-42(13-17(43)6)30-18-10-20(34)28(22-23(35)25(37)26(38)24(36)31(22)46)41-32(18)44(33(47)19(30)11-39)29-15(4)8-9-40-27(29)14(2)3/h3*7-10,14,16-17,46H,1,12-13H2,2-6H3/t3*16-,17+. The van der Waals surface area contributed by atoms with Gasteiger partial charge in [-0.05, 0) is 151 Å². The van der Waals surface area contributed by atoms with Gasteiger partial charge < -0.3 is 44.7 Å². The molecule has 12 heterocycles. The maximum Gasteiger partial charge on any atom is 0.276 e. The first-order valence-corrected chi connectivity index (χ1v) is 47.1. The molecular weight excluding hydrogens is 2020 g/mol. The number of fused-ring (bicyclic) bond motifs is 3. The van der Waals surface area contributed by atoms with Crippen molar-refractivity contribution in [1.82, 2.24) is 58.3 Å². The van der Waals surface area contributed by atoms with Crippen LogP contribution in [0.3, 0.4) is 0 Å². The van der Waals surface area contributed by atoms with Crippen molar-refractivity contribution in [1.29, 1.82) is 15.8 Å². The Morgan fingerprint density at radius 3 is 0.780 bits per heavy atom. The van der Waals surface area contributed by atoms with Crippen molar-refractivity contribution in [2.45, 2.75) is 158 Å².